The summed E-state index contributed by atoms with van der Waals surface area (Å²) < 4.78 is 16.4. The van der Waals surface area contributed by atoms with Gasteiger partial charge in [0.25, 0.3) is 0 Å². The van der Waals surface area contributed by atoms with Crippen molar-refractivity contribution < 1.29 is 4.39 Å². The number of nitrogens with one attached hydrogen (secondary N) is 2. The normalized spacial score (nSPS) is 23.7. The first-order valence-corrected chi connectivity index (χ1v) is 6.91. The minimum atomic E-state index is -0.887. The lowest BCUT2D eigenvalue weighted by molar-refractivity contribution is 0.185. The van der Waals surface area contributed by atoms with Crippen LogP contribution in [-0.4, -0.2) is 38.8 Å². The van der Waals surface area contributed by atoms with Crippen LogP contribution in [0.2, 0.25) is 0 Å². The van der Waals surface area contributed by atoms with Gasteiger partial charge in [0.1, 0.15) is 23.2 Å². The molecule has 2 atom stereocenters. The number of aromatic amines is 1. The second kappa shape index (κ2) is 4.28. The van der Waals surface area contributed by atoms with Crippen LogP contribution in [0.5, 0.6) is 0 Å². The van der Waals surface area contributed by atoms with E-state index in [1.165, 1.54) is 0 Å². The predicted molar refractivity (Wildman–Crippen MR) is 75.5 cm³/mol. The molecule has 104 valence electrons. The van der Waals surface area contributed by atoms with Gasteiger partial charge >= 0.3 is 0 Å². The van der Waals surface area contributed by atoms with Crippen LogP contribution < -0.4 is 5.32 Å². The number of rotatable bonds is 1. The van der Waals surface area contributed by atoms with Crippen LogP contribution in [0.4, 0.5) is 4.39 Å². The van der Waals surface area contributed by atoms with E-state index in [0.717, 1.165) is 40.9 Å². The van der Waals surface area contributed by atoms with E-state index in [9.17, 15) is 4.39 Å². The molecule has 0 bridgehead atoms. The van der Waals surface area contributed by atoms with Crippen LogP contribution in [0.1, 0.15) is 18.3 Å². The number of fused-ring (bicyclic) bond motifs is 3. The van der Waals surface area contributed by atoms with Crippen LogP contribution >= 0.6 is 0 Å². The maximum absolute atomic E-state index is 14.3. The van der Waals surface area contributed by atoms with E-state index >= 15 is 0 Å². The van der Waals surface area contributed by atoms with Crippen molar-refractivity contribution in [3.8, 4) is 0 Å². The Morgan fingerprint density at radius 3 is 3.20 bits per heavy atom. The van der Waals surface area contributed by atoms with Crippen molar-refractivity contribution >= 4 is 22.1 Å². The van der Waals surface area contributed by atoms with Crippen LogP contribution in [0.15, 0.2) is 18.5 Å². The van der Waals surface area contributed by atoms with Gasteiger partial charge in [-0.2, -0.15) is 0 Å². The van der Waals surface area contributed by atoms with Crippen molar-refractivity contribution in [1.29, 1.82) is 0 Å². The maximum Gasteiger partial charge on any atom is 0.139 e. The number of alkyl halides is 1. The SMILES string of the molecule is Cc1nc2cnc3[nH]ccc3c2n1[C@H]1CCNC[C@@H]1F. The fourth-order valence-corrected chi connectivity index (χ4v) is 3.21. The third-order valence-corrected chi connectivity index (χ3v) is 4.12. The van der Waals surface area contributed by atoms with E-state index in [1.807, 2.05) is 19.2 Å². The number of aromatic nitrogens is 4. The van der Waals surface area contributed by atoms with E-state index in [2.05, 4.69) is 24.8 Å². The Morgan fingerprint density at radius 2 is 2.35 bits per heavy atom. The molecule has 0 spiro atoms. The Labute approximate surface area is 115 Å². The molecule has 0 radical (unpaired) electrons. The second-order valence-electron chi connectivity index (χ2n) is 5.34. The molecule has 2 N–H and O–H groups in total. The highest BCUT2D eigenvalue weighted by Crippen LogP contribution is 2.31. The molecule has 6 heteroatoms. The van der Waals surface area contributed by atoms with E-state index in [4.69, 9.17) is 0 Å². The van der Waals surface area contributed by atoms with Crippen molar-refractivity contribution in [1.82, 2.24) is 24.8 Å². The monoisotopic (exact) mass is 273 g/mol. The smallest absolute Gasteiger partial charge is 0.139 e. The quantitative estimate of drug-likeness (QED) is 0.714. The average molecular weight is 273 g/mol. The molecule has 0 amide bonds. The van der Waals surface area contributed by atoms with Gasteiger partial charge < -0.3 is 14.9 Å². The third-order valence-electron chi connectivity index (χ3n) is 4.12. The summed E-state index contributed by atoms with van der Waals surface area (Å²) in [6.07, 6.45) is 3.51. The van der Waals surface area contributed by atoms with Gasteiger partial charge in [-0.3, -0.25) is 0 Å². The Bertz CT molecular complexity index is 774. The Kier molecular flexibility index (Phi) is 2.53. The topological polar surface area (TPSA) is 58.5 Å². The molecule has 20 heavy (non-hydrogen) atoms. The third kappa shape index (κ3) is 1.57. The zero-order valence-corrected chi connectivity index (χ0v) is 11.2. The van der Waals surface area contributed by atoms with Crippen molar-refractivity contribution in [2.45, 2.75) is 25.6 Å². The lowest BCUT2D eigenvalue weighted by Gasteiger charge is -2.29. The molecule has 5 nitrogen and oxygen atoms in total. The molecule has 1 aliphatic heterocycles. The summed E-state index contributed by atoms with van der Waals surface area (Å²) in [7, 11) is 0. The van der Waals surface area contributed by atoms with Crippen LogP contribution in [0.25, 0.3) is 22.1 Å². The molecule has 4 heterocycles. The van der Waals surface area contributed by atoms with Gasteiger partial charge in [0.15, 0.2) is 0 Å². The zero-order valence-electron chi connectivity index (χ0n) is 11.2. The molecule has 3 aromatic rings. The van der Waals surface area contributed by atoms with Crippen molar-refractivity contribution in [2.75, 3.05) is 13.1 Å². The van der Waals surface area contributed by atoms with Crippen molar-refractivity contribution in [3.05, 3.63) is 24.3 Å². The predicted octanol–water partition coefficient (Wildman–Crippen LogP) is 2.09. The Balaban J connectivity index is 2.01. The fraction of sp³-hybridized carbons (Fsp3) is 0.429. The zero-order chi connectivity index (χ0) is 13.7. The summed E-state index contributed by atoms with van der Waals surface area (Å²) in [6.45, 7) is 3.18. The van der Waals surface area contributed by atoms with Crippen molar-refractivity contribution in [3.63, 3.8) is 0 Å². The molecule has 0 unspecified atom stereocenters. The van der Waals surface area contributed by atoms with Gasteiger partial charge in [-0.1, -0.05) is 0 Å². The average Bonchev–Trinajstić information content (AvgIpc) is 3.02. The van der Waals surface area contributed by atoms with Crippen LogP contribution in [0, 0.1) is 6.92 Å². The largest absolute Gasteiger partial charge is 0.346 e. The summed E-state index contributed by atoms with van der Waals surface area (Å²) in [5.41, 5.74) is 2.65. The fourth-order valence-electron chi connectivity index (χ4n) is 3.21. The van der Waals surface area contributed by atoms with Gasteiger partial charge in [-0.05, 0) is 26.0 Å². The highest BCUT2D eigenvalue weighted by atomic mass is 19.1. The Morgan fingerprint density at radius 1 is 1.45 bits per heavy atom. The number of H-pyrrole nitrogens is 1. The molecular weight excluding hydrogens is 257 g/mol. The molecule has 0 aromatic carbocycles. The minimum Gasteiger partial charge on any atom is -0.346 e. The van der Waals surface area contributed by atoms with E-state index < -0.39 is 6.17 Å². The van der Waals surface area contributed by atoms with Gasteiger partial charge in [-0.15, -0.1) is 0 Å². The number of piperidine rings is 1. The molecule has 0 aliphatic carbocycles. The number of aryl methyl sites for hydroxylation is 1. The van der Waals surface area contributed by atoms with Gasteiger partial charge in [-0.25, -0.2) is 14.4 Å². The summed E-state index contributed by atoms with van der Waals surface area (Å²) >= 11 is 0. The van der Waals surface area contributed by atoms with Crippen LogP contribution in [-0.2, 0) is 0 Å². The maximum atomic E-state index is 14.3. The van der Waals surface area contributed by atoms with E-state index in [-0.39, 0.29) is 6.04 Å². The van der Waals surface area contributed by atoms with Crippen LogP contribution in [0.3, 0.4) is 0 Å². The molecule has 0 saturated carbocycles. The minimum absolute atomic E-state index is 0.151. The highest BCUT2D eigenvalue weighted by Gasteiger charge is 2.29. The standard InChI is InChI=1S/C14H16FN5/c1-8-19-11-7-18-14-9(2-5-17-14)13(11)20(8)12-3-4-16-6-10(12)15/h2,5,7,10,12,16H,3-4,6H2,1H3,(H,17,18)/t10-,12-/m0/s1. The molecule has 4 rings (SSSR count). The highest BCUT2D eigenvalue weighted by molar-refractivity contribution is 6.01. The Hall–Kier alpha value is -1.95. The van der Waals surface area contributed by atoms with E-state index in [0.29, 0.717) is 6.54 Å². The lowest BCUT2D eigenvalue weighted by Crippen LogP contribution is -2.39. The summed E-state index contributed by atoms with van der Waals surface area (Å²) in [5.74, 6) is 0.852. The molecule has 1 saturated heterocycles. The summed E-state index contributed by atoms with van der Waals surface area (Å²) in [4.78, 5) is 12.0. The van der Waals surface area contributed by atoms with Gasteiger partial charge in [0.05, 0.1) is 17.8 Å². The first-order valence-electron chi connectivity index (χ1n) is 6.91. The van der Waals surface area contributed by atoms with E-state index in [1.54, 1.807) is 6.20 Å². The number of pyridine rings is 1. The number of hydrogen-bond acceptors (Lipinski definition) is 3. The number of hydrogen-bond donors (Lipinski definition) is 2. The number of halogens is 1. The number of imidazole rings is 1. The molecule has 1 aliphatic rings. The lowest BCUT2D eigenvalue weighted by atomic mass is 10.0. The van der Waals surface area contributed by atoms with Gasteiger partial charge in [0.2, 0.25) is 0 Å². The second-order valence-corrected chi connectivity index (χ2v) is 5.34. The summed E-state index contributed by atoms with van der Waals surface area (Å²) in [6, 6.07) is 1.83. The van der Waals surface area contributed by atoms with Crippen molar-refractivity contribution in [2.24, 2.45) is 0 Å². The summed E-state index contributed by atoms with van der Waals surface area (Å²) in [5, 5.41) is 4.11. The number of nitrogens with zero attached hydrogens (tertiary/aromatic N) is 3. The molecular formula is C14H16FN5. The molecule has 1 fully saturated rings. The first-order chi connectivity index (χ1) is 9.75. The first kappa shape index (κ1) is 11.8. The van der Waals surface area contributed by atoms with Gasteiger partial charge in [0, 0.05) is 18.1 Å². The molecule has 3 aromatic heterocycles.